The molecule has 0 spiro atoms. The second-order valence-electron chi connectivity index (χ2n) is 4.74. The predicted octanol–water partition coefficient (Wildman–Crippen LogP) is 3.86. The lowest BCUT2D eigenvalue weighted by Gasteiger charge is -2.15. The Kier molecular flexibility index (Phi) is 5.69. The Bertz CT molecular complexity index is 401. The lowest BCUT2D eigenvalue weighted by Crippen LogP contribution is -2.22. The molecule has 3 nitrogen and oxygen atoms in total. The van der Waals surface area contributed by atoms with Crippen LogP contribution in [0.25, 0.3) is 0 Å². The Morgan fingerprint density at radius 1 is 1.39 bits per heavy atom. The van der Waals surface area contributed by atoms with E-state index in [2.05, 4.69) is 12.2 Å². The van der Waals surface area contributed by atoms with E-state index in [1.54, 1.807) is 18.2 Å². The van der Waals surface area contributed by atoms with Crippen LogP contribution >= 0.6 is 0 Å². The molecule has 2 N–H and O–H groups in total. The number of carbonyl (C=O) groups is 1. The first-order valence-electron chi connectivity index (χ1n) is 6.69. The molecule has 1 rings (SSSR count). The van der Waals surface area contributed by atoms with Gasteiger partial charge in [-0.15, -0.1) is 0 Å². The summed E-state index contributed by atoms with van der Waals surface area (Å²) in [4.78, 5) is 12.1. The molecular weight excluding hydrogens is 226 g/mol. The number of rotatable bonds is 6. The van der Waals surface area contributed by atoms with Gasteiger partial charge in [-0.3, -0.25) is 4.79 Å². The Morgan fingerprint density at radius 3 is 2.67 bits per heavy atom. The zero-order chi connectivity index (χ0) is 13.5. The molecule has 0 fully saturated rings. The van der Waals surface area contributed by atoms with Gasteiger partial charge in [-0.1, -0.05) is 26.7 Å². The third kappa shape index (κ3) is 4.06. The fourth-order valence-corrected chi connectivity index (χ4v) is 1.95. The lowest BCUT2D eigenvalue weighted by molar-refractivity contribution is -0.120. The van der Waals surface area contributed by atoms with E-state index in [1.165, 1.54) is 0 Å². The maximum atomic E-state index is 12.1. The van der Waals surface area contributed by atoms with Crippen LogP contribution in [0, 0.1) is 12.8 Å². The summed E-state index contributed by atoms with van der Waals surface area (Å²) < 4.78 is 0. The van der Waals surface area contributed by atoms with Crippen molar-refractivity contribution in [2.75, 3.05) is 5.32 Å². The molecule has 0 aromatic heterocycles. The molecule has 0 aliphatic heterocycles. The summed E-state index contributed by atoms with van der Waals surface area (Å²) in [5, 5.41) is 12.4. The minimum absolute atomic E-state index is 0.0797. The Hall–Kier alpha value is -1.51. The Morgan fingerprint density at radius 2 is 2.11 bits per heavy atom. The second kappa shape index (κ2) is 7.04. The second-order valence-corrected chi connectivity index (χ2v) is 4.74. The minimum atomic E-state index is 0.0797. The molecule has 1 unspecified atom stereocenters. The maximum Gasteiger partial charge on any atom is 0.227 e. The highest BCUT2D eigenvalue weighted by atomic mass is 16.3. The number of aryl methyl sites for hydroxylation is 1. The van der Waals surface area contributed by atoms with Crippen molar-refractivity contribution in [2.24, 2.45) is 5.92 Å². The molecule has 1 atom stereocenters. The average molecular weight is 249 g/mol. The van der Waals surface area contributed by atoms with Crippen LogP contribution in [0.1, 0.15) is 45.1 Å². The molecule has 0 bridgehead atoms. The molecule has 0 heterocycles. The van der Waals surface area contributed by atoms with Gasteiger partial charge in [-0.25, -0.2) is 0 Å². The zero-order valence-corrected chi connectivity index (χ0v) is 11.5. The number of carbonyl (C=O) groups excluding carboxylic acids is 1. The zero-order valence-electron chi connectivity index (χ0n) is 11.5. The van der Waals surface area contributed by atoms with E-state index < -0.39 is 0 Å². The summed E-state index contributed by atoms with van der Waals surface area (Å²) in [6, 6.07) is 5.13. The average Bonchev–Trinajstić information content (AvgIpc) is 2.35. The molecule has 0 aliphatic rings. The number of hydrogen-bond donors (Lipinski definition) is 2. The number of nitrogens with one attached hydrogen (secondary N) is 1. The highest BCUT2D eigenvalue weighted by Crippen LogP contribution is 2.21. The summed E-state index contributed by atoms with van der Waals surface area (Å²) in [7, 11) is 0. The summed E-state index contributed by atoms with van der Waals surface area (Å²) in [6.45, 7) is 6.00. The largest absolute Gasteiger partial charge is 0.508 e. The van der Waals surface area contributed by atoms with Crippen molar-refractivity contribution < 1.29 is 9.90 Å². The first kappa shape index (κ1) is 14.6. The number of unbranched alkanes of at least 4 members (excludes halogenated alkanes) is 1. The van der Waals surface area contributed by atoms with Crippen molar-refractivity contribution in [3.05, 3.63) is 23.8 Å². The van der Waals surface area contributed by atoms with Crippen molar-refractivity contribution in [1.29, 1.82) is 0 Å². The van der Waals surface area contributed by atoms with Gasteiger partial charge in [0, 0.05) is 11.6 Å². The fraction of sp³-hybridized carbons (Fsp3) is 0.533. The number of aromatic hydroxyl groups is 1. The van der Waals surface area contributed by atoms with E-state index in [9.17, 15) is 9.90 Å². The quantitative estimate of drug-likeness (QED) is 0.752. The monoisotopic (exact) mass is 249 g/mol. The number of anilines is 1. The van der Waals surface area contributed by atoms with Crippen molar-refractivity contribution in [1.82, 2.24) is 0 Å². The number of phenols is 1. The molecule has 18 heavy (non-hydrogen) atoms. The number of phenolic OH excluding ortho intramolecular Hbond substituents is 1. The molecule has 0 saturated heterocycles. The van der Waals surface area contributed by atoms with Gasteiger partial charge < -0.3 is 10.4 Å². The molecule has 100 valence electrons. The van der Waals surface area contributed by atoms with E-state index in [-0.39, 0.29) is 17.6 Å². The Labute approximate surface area is 109 Å². The molecule has 0 saturated carbocycles. The predicted molar refractivity (Wildman–Crippen MR) is 74.8 cm³/mol. The van der Waals surface area contributed by atoms with Gasteiger partial charge in [0.05, 0.1) is 0 Å². The molecule has 0 aliphatic carbocycles. The van der Waals surface area contributed by atoms with Crippen LogP contribution in [0.4, 0.5) is 5.69 Å². The molecule has 1 aromatic rings. The third-order valence-corrected chi connectivity index (χ3v) is 3.23. The first-order chi connectivity index (χ1) is 8.58. The van der Waals surface area contributed by atoms with Gasteiger partial charge in [0.15, 0.2) is 0 Å². The highest BCUT2D eigenvalue weighted by Gasteiger charge is 2.15. The van der Waals surface area contributed by atoms with Crippen LogP contribution in [-0.2, 0) is 4.79 Å². The summed E-state index contributed by atoms with van der Waals surface area (Å²) in [5.41, 5.74) is 1.53. The van der Waals surface area contributed by atoms with Crippen LogP contribution in [0.15, 0.2) is 18.2 Å². The summed E-state index contributed by atoms with van der Waals surface area (Å²) in [6.07, 6.45) is 4.00. The van der Waals surface area contributed by atoms with Gasteiger partial charge in [0.2, 0.25) is 5.91 Å². The smallest absolute Gasteiger partial charge is 0.227 e. The fourth-order valence-electron chi connectivity index (χ4n) is 1.95. The summed E-state index contributed by atoms with van der Waals surface area (Å²) in [5.74, 6) is 0.418. The molecule has 1 amide bonds. The van der Waals surface area contributed by atoms with E-state index >= 15 is 0 Å². The lowest BCUT2D eigenvalue weighted by atomic mass is 9.98. The van der Waals surface area contributed by atoms with E-state index in [0.29, 0.717) is 0 Å². The van der Waals surface area contributed by atoms with Crippen molar-refractivity contribution in [3.63, 3.8) is 0 Å². The third-order valence-electron chi connectivity index (χ3n) is 3.23. The number of benzene rings is 1. The molecular formula is C15H23NO2. The topological polar surface area (TPSA) is 49.3 Å². The van der Waals surface area contributed by atoms with E-state index in [0.717, 1.165) is 36.9 Å². The molecule has 3 heteroatoms. The molecule has 0 radical (unpaired) electrons. The normalized spacial score (nSPS) is 12.2. The van der Waals surface area contributed by atoms with Crippen LogP contribution in [-0.4, -0.2) is 11.0 Å². The number of amides is 1. The van der Waals surface area contributed by atoms with Gasteiger partial charge in [0.1, 0.15) is 5.75 Å². The van der Waals surface area contributed by atoms with Gasteiger partial charge in [-0.05, 0) is 43.5 Å². The summed E-state index contributed by atoms with van der Waals surface area (Å²) >= 11 is 0. The van der Waals surface area contributed by atoms with Gasteiger partial charge in [0.25, 0.3) is 0 Å². The van der Waals surface area contributed by atoms with Gasteiger partial charge in [-0.2, -0.15) is 0 Å². The SMILES string of the molecule is CCCCC(CC)C(=O)Nc1ccc(O)c(C)c1. The maximum absolute atomic E-state index is 12.1. The van der Waals surface area contributed by atoms with Crippen molar-refractivity contribution in [2.45, 2.75) is 46.5 Å². The standard InChI is InChI=1S/C15H23NO2/c1-4-6-7-12(5-2)15(18)16-13-8-9-14(17)11(3)10-13/h8-10,12,17H,4-7H2,1-3H3,(H,16,18). The van der Waals surface area contributed by atoms with E-state index in [4.69, 9.17) is 0 Å². The molecule has 1 aromatic carbocycles. The van der Waals surface area contributed by atoms with Crippen molar-refractivity contribution in [3.8, 4) is 5.75 Å². The van der Waals surface area contributed by atoms with Crippen LogP contribution in [0.5, 0.6) is 5.75 Å². The van der Waals surface area contributed by atoms with Crippen LogP contribution in [0.3, 0.4) is 0 Å². The van der Waals surface area contributed by atoms with Crippen LogP contribution in [0.2, 0.25) is 0 Å². The highest BCUT2D eigenvalue weighted by molar-refractivity contribution is 5.92. The minimum Gasteiger partial charge on any atom is -0.508 e. The van der Waals surface area contributed by atoms with Crippen LogP contribution < -0.4 is 5.32 Å². The van der Waals surface area contributed by atoms with Gasteiger partial charge >= 0.3 is 0 Å². The first-order valence-corrected chi connectivity index (χ1v) is 6.69. The van der Waals surface area contributed by atoms with Crippen molar-refractivity contribution >= 4 is 11.6 Å². The number of hydrogen-bond acceptors (Lipinski definition) is 2. The van der Waals surface area contributed by atoms with E-state index in [1.807, 2.05) is 13.8 Å². The Balaban J connectivity index is 2.64.